The molecule has 0 saturated heterocycles. The summed E-state index contributed by atoms with van der Waals surface area (Å²) in [7, 11) is 0. The van der Waals surface area contributed by atoms with Gasteiger partial charge in [0, 0.05) is 32.9 Å². The van der Waals surface area contributed by atoms with Crippen LogP contribution in [-0.4, -0.2) is 11.0 Å². The van der Waals surface area contributed by atoms with E-state index in [1.807, 2.05) is 6.92 Å². The number of aromatic nitrogens is 1. The highest BCUT2D eigenvalue weighted by Crippen LogP contribution is 2.20. The van der Waals surface area contributed by atoms with Crippen molar-refractivity contribution in [3.63, 3.8) is 0 Å². The smallest absolute Gasteiger partial charge is 0.166 e. The lowest BCUT2D eigenvalue weighted by Crippen LogP contribution is -2.19. The molecule has 2 heterocycles. The van der Waals surface area contributed by atoms with Gasteiger partial charge in [-0.05, 0) is 48.0 Å². The maximum Gasteiger partial charge on any atom is 0.166 e. The Bertz CT molecular complexity index is 542. The van der Waals surface area contributed by atoms with Gasteiger partial charge in [0.1, 0.15) is 0 Å². The third kappa shape index (κ3) is 3.53. The fraction of sp³-hybridized carbons (Fsp3) is 0.308. The van der Waals surface area contributed by atoms with Gasteiger partial charge < -0.3 is 5.32 Å². The number of nitrogens with one attached hydrogen (secondary N) is 1. The molecule has 18 heavy (non-hydrogen) atoms. The minimum Gasteiger partial charge on any atom is -0.365 e. The number of anilines is 1. The molecular formula is C13H14BrFN2S. The summed E-state index contributed by atoms with van der Waals surface area (Å²) in [5.74, 6) is -0.0300. The molecule has 0 aliphatic carbocycles. The molecule has 0 bridgehead atoms. The van der Waals surface area contributed by atoms with Gasteiger partial charge in [-0.1, -0.05) is 0 Å². The monoisotopic (exact) mass is 328 g/mol. The molecule has 2 aromatic rings. The number of rotatable bonds is 4. The molecule has 0 fully saturated rings. The SMILES string of the molecule is Cc1ccc(CC(C)Nc2ncc(Br)cc2F)s1. The average Bonchev–Trinajstić information content (AvgIpc) is 2.68. The summed E-state index contributed by atoms with van der Waals surface area (Å²) in [6.07, 6.45) is 2.46. The number of aryl methyl sites for hydroxylation is 1. The Kier molecular flexibility index (Phi) is 4.35. The van der Waals surface area contributed by atoms with Gasteiger partial charge in [-0.15, -0.1) is 11.3 Å². The number of halogens is 2. The fourth-order valence-corrected chi connectivity index (χ4v) is 3.02. The lowest BCUT2D eigenvalue weighted by Gasteiger charge is -2.14. The molecule has 1 atom stereocenters. The molecule has 1 unspecified atom stereocenters. The second-order valence-electron chi connectivity index (χ2n) is 4.25. The Balaban J connectivity index is 2.00. The normalized spacial score (nSPS) is 12.4. The van der Waals surface area contributed by atoms with Crippen LogP contribution in [0.5, 0.6) is 0 Å². The highest BCUT2D eigenvalue weighted by atomic mass is 79.9. The maximum atomic E-state index is 13.6. The number of hydrogen-bond acceptors (Lipinski definition) is 3. The molecule has 0 amide bonds. The van der Waals surface area contributed by atoms with E-state index < -0.39 is 0 Å². The summed E-state index contributed by atoms with van der Waals surface area (Å²) in [5.41, 5.74) is 0. The largest absolute Gasteiger partial charge is 0.365 e. The van der Waals surface area contributed by atoms with Crippen LogP contribution in [0.25, 0.3) is 0 Å². The molecule has 0 saturated carbocycles. The van der Waals surface area contributed by atoms with E-state index in [1.54, 1.807) is 17.5 Å². The summed E-state index contributed by atoms with van der Waals surface area (Å²) in [6, 6.07) is 5.78. The number of nitrogens with zero attached hydrogens (tertiary/aromatic N) is 1. The van der Waals surface area contributed by atoms with Gasteiger partial charge >= 0.3 is 0 Å². The topological polar surface area (TPSA) is 24.9 Å². The van der Waals surface area contributed by atoms with Crippen molar-refractivity contribution in [2.45, 2.75) is 26.3 Å². The van der Waals surface area contributed by atoms with E-state index in [2.05, 4.69) is 45.3 Å². The first kappa shape index (κ1) is 13.5. The van der Waals surface area contributed by atoms with Crippen molar-refractivity contribution in [1.82, 2.24) is 4.98 Å². The van der Waals surface area contributed by atoms with Crippen LogP contribution in [0.15, 0.2) is 28.9 Å². The predicted octanol–water partition coefficient (Wildman–Crippen LogP) is 4.40. The van der Waals surface area contributed by atoms with Gasteiger partial charge in [0.2, 0.25) is 0 Å². The summed E-state index contributed by atoms with van der Waals surface area (Å²) in [5, 5.41) is 3.09. The summed E-state index contributed by atoms with van der Waals surface area (Å²) in [4.78, 5) is 6.63. The van der Waals surface area contributed by atoms with Crippen molar-refractivity contribution in [3.8, 4) is 0 Å². The molecule has 2 aromatic heterocycles. The van der Waals surface area contributed by atoms with E-state index >= 15 is 0 Å². The van der Waals surface area contributed by atoms with Gasteiger partial charge in [-0.2, -0.15) is 0 Å². The van der Waals surface area contributed by atoms with Gasteiger partial charge in [-0.25, -0.2) is 9.37 Å². The zero-order chi connectivity index (χ0) is 13.1. The van der Waals surface area contributed by atoms with Crippen LogP contribution in [0.1, 0.15) is 16.7 Å². The molecule has 0 spiro atoms. The quantitative estimate of drug-likeness (QED) is 0.899. The Hall–Kier alpha value is -0.940. The van der Waals surface area contributed by atoms with Crippen LogP contribution in [-0.2, 0) is 6.42 Å². The van der Waals surface area contributed by atoms with Crippen molar-refractivity contribution in [2.75, 3.05) is 5.32 Å². The van der Waals surface area contributed by atoms with Crippen LogP contribution < -0.4 is 5.32 Å². The minimum absolute atomic E-state index is 0.145. The molecule has 96 valence electrons. The van der Waals surface area contributed by atoms with Crippen molar-refractivity contribution in [2.24, 2.45) is 0 Å². The molecule has 1 N–H and O–H groups in total. The van der Waals surface area contributed by atoms with Crippen LogP contribution in [0.4, 0.5) is 10.2 Å². The van der Waals surface area contributed by atoms with Crippen molar-refractivity contribution < 1.29 is 4.39 Å². The van der Waals surface area contributed by atoms with Crippen LogP contribution >= 0.6 is 27.3 Å². The summed E-state index contributed by atoms with van der Waals surface area (Å²) < 4.78 is 14.2. The summed E-state index contributed by atoms with van der Waals surface area (Å²) in [6.45, 7) is 4.11. The first-order valence-electron chi connectivity index (χ1n) is 5.67. The van der Waals surface area contributed by atoms with E-state index in [9.17, 15) is 4.39 Å². The molecule has 0 aromatic carbocycles. The molecule has 5 heteroatoms. The Morgan fingerprint density at radius 2 is 2.28 bits per heavy atom. The first-order valence-corrected chi connectivity index (χ1v) is 7.28. The van der Waals surface area contributed by atoms with E-state index in [0.29, 0.717) is 10.3 Å². The first-order chi connectivity index (χ1) is 8.54. The lowest BCUT2D eigenvalue weighted by molar-refractivity contribution is 0.618. The van der Waals surface area contributed by atoms with Crippen LogP contribution in [0, 0.1) is 12.7 Å². The van der Waals surface area contributed by atoms with Crippen molar-refractivity contribution >= 4 is 33.1 Å². The van der Waals surface area contributed by atoms with Crippen molar-refractivity contribution in [1.29, 1.82) is 0 Å². The van der Waals surface area contributed by atoms with Gasteiger partial charge in [-0.3, -0.25) is 0 Å². The highest BCUT2D eigenvalue weighted by molar-refractivity contribution is 9.10. The van der Waals surface area contributed by atoms with E-state index in [0.717, 1.165) is 6.42 Å². The molecule has 2 rings (SSSR count). The maximum absolute atomic E-state index is 13.6. The number of pyridine rings is 1. The molecule has 0 radical (unpaired) electrons. The second kappa shape index (κ2) is 5.80. The lowest BCUT2D eigenvalue weighted by atomic mass is 10.2. The van der Waals surface area contributed by atoms with E-state index in [-0.39, 0.29) is 11.9 Å². The van der Waals surface area contributed by atoms with E-state index in [4.69, 9.17) is 0 Å². The number of hydrogen-bond donors (Lipinski definition) is 1. The molecule has 2 nitrogen and oxygen atoms in total. The molecule has 0 aliphatic heterocycles. The molecular weight excluding hydrogens is 315 g/mol. The van der Waals surface area contributed by atoms with Crippen LogP contribution in [0.2, 0.25) is 0 Å². The van der Waals surface area contributed by atoms with Crippen molar-refractivity contribution in [3.05, 3.63) is 44.4 Å². The zero-order valence-electron chi connectivity index (χ0n) is 10.2. The standard InChI is InChI=1S/C13H14BrFN2S/c1-8(5-11-4-3-9(2)18-11)17-13-12(15)6-10(14)7-16-13/h3-4,6-8H,5H2,1-2H3,(H,16,17). The highest BCUT2D eigenvalue weighted by Gasteiger charge is 2.09. The predicted molar refractivity (Wildman–Crippen MR) is 77.7 cm³/mol. The van der Waals surface area contributed by atoms with E-state index in [1.165, 1.54) is 15.8 Å². The van der Waals surface area contributed by atoms with Gasteiger partial charge in [0.25, 0.3) is 0 Å². The number of thiophene rings is 1. The van der Waals surface area contributed by atoms with Gasteiger partial charge in [0.15, 0.2) is 11.6 Å². The minimum atomic E-state index is -0.335. The summed E-state index contributed by atoms with van der Waals surface area (Å²) >= 11 is 4.96. The second-order valence-corrected chi connectivity index (χ2v) is 6.53. The third-order valence-corrected chi connectivity index (χ3v) is 3.95. The fourth-order valence-electron chi connectivity index (χ4n) is 1.70. The molecule has 0 aliphatic rings. The van der Waals surface area contributed by atoms with Crippen LogP contribution in [0.3, 0.4) is 0 Å². The Labute approximate surface area is 118 Å². The Morgan fingerprint density at radius 1 is 1.50 bits per heavy atom. The third-order valence-electron chi connectivity index (χ3n) is 2.49. The zero-order valence-corrected chi connectivity index (χ0v) is 12.6. The van der Waals surface area contributed by atoms with Gasteiger partial charge in [0.05, 0.1) is 0 Å². The average molecular weight is 329 g/mol. The Morgan fingerprint density at radius 3 is 2.89 bits per heavy atom.